The third-order valence-electron chi connectivity index (χ3n) is 4.32. The largest absolute Gasteiger partial charge is 0.378 e. The average molecular weight is 178 g/mol. The van der Waals surface area contributed by atoms with Gasteiger partial charge in [0, 0.05) is 6.61 Å². The summed E-state index contributed by atoms with van der Waals surface area (Å²) in [5.74, 6) is 3.74. The third-order valence-corrected chi connectivity index (χ3v) is 4.32. The second-order valence-electron chi connectivity index (χ2n) is 4.79. The normalized spacial score (nSPS) is 51.6. The molecule has 0 aromatic rings. The van der Waals surface area contributed by atoms with Crippen LogP contribution in [0.25, 0.3) is 0 Å². The van der Waals surface area contributed by atoms with Crippen molar-refractivity contribution in [3.05, 3.63) is 12.2 Å². The highest BCUT2D eigenvalue weighted by Gasteiger charge is 2.52. The molecule has 0 amide bonds. The van der Waals surface area contributed by atoms with Crippen LogP contribution in [0.15, 0.2) is 12.2 Å². The van der Waals surface area contributed by atoms with Crippen molar-refractivity contribution in [1.29, 1.82) is 0 Å². The number of allylic oxidation sites excluding steroid dienone is 2. The molecule has 1 nitrogen and oxygen atoms in total. The van der Waals surface area contributed by atoms with E-state index in [2.05, 4.69) is 19.1 Å². The van der Waals surface area contributed by atoms with Crippen LogP contribution in [-0.2, 0) is 4.74 Å². The molecule has 3 rings (SSSR count). The highest BCUT2D eigenvalue weighted by molar-refractivity contribution is 5.14. The molecule has 72 valence electrons. The molecule has 0 N–H and O–H groups in total. The van der Waals surface area contributed by atoms with Crippen molar-refractivity contribution >= 4 is 0 Å². The Morgan fingerprint density at radius 3 is 3.08 bits per heavy atom. The SMILES string of the molecule is CCO[C@@H]1C[C@@H]2C[C@H]1[C@@H]1CC=C[C@H]21. The van der Waals surface area contributed by atoms with E-state index in [4.69, 9.17) is 4.74 Å². The molecule has 2 bridgehead atoms. The molecule has 0 saturated heterocycles. The number of ether oxygens (including phenoxy) is 1. The van der Waals surface area contributed by atoms with Gasteiger partial charge in [0.2, 0.25) is 0 Å². The maximum absolute atomic E-state index is 5.82. The molecule has 5 atom stereocenters. The summed E-state index contributed by atoms with van der Waals surface area (Å²) in [7, 11) is 0. The molecule has 2 saturated carbocycles. The topological polar surface area (TPSA) is 9.23 Å². The summed E-state index contributed by atoms with van der Waals surface area (Å²) in [5, 5.41) is 0. The molecule has 0 aromatic carbocycles. The van der Waals surface area contributed by atoms with E-state index < -0.39 is 0 Å². The monoisotopic (exact) mass is 178 g/mol. The lowest BCUT2D eigenvalue weighted by Gasteiger charge is -2.31. The van der Waals surface area contributed by atoms with Crippen LogP contribution in [0.5, 0.6) is 0 Å². The van der Waals surface area contributed by atoms with E-state index in [1.165, 1.54) is 19.3 Å². The third kappa shape index (κ3) is 1.03. The minimum Gasteiger partial charge on any atom is -0.378 e. The number of fused-ring (bicyclic) bond motifs is 5. The highest BCUT2D eigenvalue weighted by atomic mass is 16.5. The molecular weight excluding hydrogens is 160 g/mol. The van der Waals surface area contributed by atoms with E-state index in [9.17, 15) is 0 Å². The van der Waals surface area contributed by atoms with Gasteiger partial charge >= 0.3 is 0 Å². The summed E-state index contributed by atoms with van der Waals surface area (Å²) in [4.78, 5) is 0. The molecule has 0 heterocycles. The van der Waals surface area contributed by atoms with Gasteiger partial charge in [-0.05, 0) is 49.9 Å². The molecule has 0 unspecified atom stereocenters. The predicted molar refractivity (Wildman–Crippen MR) is 52.4 cm³/mol. The Morgan fingerprint density at radius 2 is 2.23 bits per heavy atom. The molecule has 0 spiro atoms. The van der Waals surface area contributed by atoms with Gasteiger partial charge in [0.1, 0.15) is 0 Å². The second kappa shape index (κ2) is 2.84. The fraction of sp³-hybridized carbons (Fsp3) is 0.833. The first-order valence-corrected chi connectivity index (χ1v) is 5.68. The molecule has 13 heavy (non-hydrogen) atoms. The molecule has 0 aliphatic heterocycles. The number of hydrogen-bond acceptors (Lipinski definition) is 1. The summed E-state index contributed by atoms with van der Waals surface area (Å²) in [6.07, 6.45) is 9.58. The fourth-order valence-electron chi connectivity index (χ4n) is 3.90. The lowest BCUT2D eigenvalue weighted by atomic mass is 9.80. The van der Waals surface area contributed by atoms with Gasteiger partial charge in [0.25, 0.3) is 0 Å². The zero-order chi connectivity index (χ0) is 8.84. The van der Waals surface area contributed by atoms with Gasteiger partial charge in [0.15, 0.2) is 0 Å². The molecule has 3 aliphatic carbocycles. The van der Waals surface area contributed by atoms with Crippen molar-refractivity contribution in [3.63, 3.8) is 0 Å². The Balaban J connectivity index is 1.76. The van der Waals surface area contributed by atoms with Crippen LogP contribution in [0.3, 0.4) is 0 Å². The average Bonchev–Trinajstić information content (AvgIpc) is 2.72. The Morgan fingerprint density at radius 1 is 1.31 bits per heavy atom. The van der Waals surface area contributed by atoms with E-state index in [-0.39, 0.29) is 0 Å². The van der Waals surface area contributed by atoms with Gasteiger partial charge in [-0.25, -0.2) is 0 Å². The summed E-state index contributed by atoms with van der Waals surface area (Å²) >= 11 is 0. The van der Waals surface area contributed by atoms with Gasteiger partial charge in [-0.3, -0.25) is 0 Å². The molecule has 3 aliphatic rings. The molecule has 0 radical (unpaired) electrons. The van der Waals surface area contributed by atoms with Crippen LogP contribution in [-0.4, -0.2) is 12.7 Å². The minimum absolute atomic E-state index is 0.608. The Kier molecular flexibility index (Phi) is 1.76. The number of rotatable bonds is 2. The van der Waals surface area contributed by atoms with Crippen molar-refractivity contribution in [1.82, 2.24) is 0 Å². The summed E-state index contributed by atoms with van der Waals surface area (Å²) < 4.78 is 5.82. The van der Waals surface area contributed by atoms with E-state index in [1.807, 2.05) is 0 Å². The van der Waals surface area contributed by atoms with E-state index in [0.29, 0.717) is 6.10 Å². The van der Waals surface area contributed by atoms with Crippen molar-refractivity contribution in [2.75, 3.05) is 6.61 Å². The zero-order valence-corrected chi connectivity index (χ0v) is 8.28. The first-order valence-electron chi connectivity index (χ1n) is 5.68. The zero-order valence-electron chi connectivity index (χ0n) is 8.28. The van der Waals surface area contributed by atoms with Gasteiger partial charge in [-0.15, -0.1) is 0 Å². The van der Waals surface area contributed by atoms with E-state index in [0.717, 1.165) is 30.3 Å². The van der Waals surface area contributed by atoms with Crippen molar-refractivity contribution in [2.24, 2.45) is 23.7 Å². The van der Waals surface area contributed by atoms with Crippen LogP contribution in [0.1, 0.15) is 26.2 Å². The summed E-state index contributed by atoms with van der Waals surface area (Å²) in [6, 6.07) is 0. The second-order valence-corrected chi connectivity index (χ2v) is 4.79. The quantitative estimate of drug-likeness (QED) is 0.591. The van der Waals surface area contributed by atoms with Gasteiger partial charge in [-0.2, -0.15) is 0 Å². The predicted octanol–water partition coefficient (Wildman–Crippen LogP) is 2.62. The van der Waals surface area contributed by atoms with Crippen LogP contribution in [0.2, 0.25) is 0 Å². The minimum atomic E-state index is 0.608. The first-order chi connectivity index (χ1) is 6.40. The maximum Gasteiger partial charge on any atom is 0.0609 e. The van der Waals surface area contributed by atoms with Gasteiger partial charge in [0.05, 0.1) is 6.10 Å². The smallest absolute Gasteiger partial charge is 0.0609 e. The fourth-order valence-corrected chi connectivity index (χ4v) is 3.90. The molecule has 2 fully saturated rings. The Hall–Kier alpha value is -0.300. The first kappa shape index (κ1) is 8.05. The highest BCUT2D eigenvalue weighted by Crippen LogP contribution is 2.57. The molecule has 0 aromatic heterocycles. The standard InChI is InChI=1S/C12H18O/c1-2-13-12-7-8-6-11(12)10-5-3-4-9(8)10/h3-4,8-12H,2,5-7H2,1H3/t8-,9+,10+,11-,12+/m0/s1. The lowest BCUT2D eigenvalue weighted by molar-refractivity contribution is -0.000889. The van der Waals surface area contributed by atoms with Crippen molar-refractivity contribution in [2.45, 2.75) is 32.3 Å². The van der Waals surface area contributed by atoms with Crippen LogP contribution >= 0.6 is 0 Å². The van der Waals surface area contributed by atoms with Crippen molar-refractivity contribution < 1.29 is 4.74 Å². The van der Waals surface area contributed by atoms with Gasteiger partial charge in [-0.1, -0.05) is 12.2 Å². The number of hydrogen-bond donors (Lipinski definition) is 0. The summed E-state index contributed by atoms with van der Waals surface area (Å²) in [6.45, 7) is 3.02. The van der Waals surface area contributed by atoms with Crippen molar-refractivity contribution in [3.8, 4) is 0 Å². The van der Waals surface area contributed by atoms with Gasteiger partial charge < -0.3 is 4.74 Å². The van der Waals surface area contributed by atoms with E-state index in [1.54, 1.807) is 0 Å². The maximum atomic E-state index is 5.82. The van der Waals surface area contributed by atoms with Crippen LogP contribution in [0, 0.1) is 23.7 Å². The summed E-state index contributed by atoms with van der Waals surface area (Å²) in [5.41, 5.74) is 0. The Labute approximate surface area is 80.2 Å². The van der Waals surface area contributed by atoms with Crippen LogP contribution in [0.4, 0.5) is 0 Å². The molecular formula is C12H18O. The Bertz CT molecular complexity index is 233. The lowest BCUT2D eigenvalue weighted by Crippen LogP contribution is -2.30. The van der Waals surface area contributed by atoms with Crippen LogP contribution < -0.4 is 0 Å². The molecule has 1 heteroatoms. The van der Waals surface area contributed by atoms with E-state index >= 15 is 0 Å².